The standard InChI is InChI=1S/C23H26N4O2/c1-15-6-3-4-7-18(15)22-19-14-26(12-16(19)11-25(22)2)13-17-10-21(29)27-9-5-8-20(28)23(27)24-17/h3-10,16,19,22,28H,11-14H2,1-2H3/t16-,19+,22+/m0/s1. The van der Waals surface area contributed by atoms with Crippen molar-refractivity contribution in [3.05, 3.63) is 75.8 Å². The maximum absolute atomic E-state index is 12.4. The molecule has 2 aliphatic heterocycles. The second kappa shape index (κ2) is 6.97. The van der Waals surface area contributed by atoms with Crippen molar-refractivity contribution in [3.63, 3.8) is 0 Å². The Morgan fingerprint density at radius 1 is 1.14 bits per heavy atom. The first-order valence-electron chi connectivity index (χ1n) is 10.2. The highest BCUT2D eigenvalue weighted by molar-refractivity contribution is 5.52. The van der Waals surface area contributed by atoms with Crippen LogP contribution in [0.1, 0.15) is 22.9 Å². The molecule has 29 heavy (non-hydrogen) atoms. The van der Waals surface area contributed by atoms with Gasteiger partial charge in [-0.25, -0.2) is 4.98 Å². The van der Waals surface area contributed by atoms with Gasteiger partial charge < -0.3 is 5.11 Å². The summed E-state index contributed by atoms with van der Waals surface area (Å²) in [5, 5.41) is 10.1. The second-order valence-electron chi connectivity index (χ2n) is 8.53. The SMILES string of the molecule is Cc1ccccc1[C@@H]1[C@@H]2CN(Cc3cc(=O)n4cccc(O)c4n3)C[C@@H]2CN1C. The van der Waals surface area contributed by atoms with Gasteiger partial charge >= 0.3 is 0 Å². The Hall–Kier alpha value is -2.70. The summed E-state index contributed by atoms with van der Waals surface area (Å²) in [4.78, 5) is 21.9. The highest BCUT2D eigenvalue weighted by Crippen LogP contribution is 2.45. The van der Waals surface area contributed by atoms with Gasteiger partial charge in [0, 0.05) is 44.5 Å². The van der Waals surface area contributed by atoms with Crippen LogP contribution in [-0.4, -0.2) is 51.0 Å². The first kappa shape index (κ1) is 18.3. The van der Waals surface area contributed by atoms with Crippen LogP contribution in [0.5, 0.6) is 5.75 Å². The van der Waals surface area contributed by atoms with Crippen molar-refractivity contribution in [2.45, 2.75) is 19.5 Å². The largest absolute Gasteiger partial charge is 0.504 e. The van der Waals surface area contributed by atoms with Gasteiger partial charge in [-0.2, -0.15) is 0 Å². The van der Waals surface area contributed by atoms with Gasteiger partial charge in [-0.1, -0.05) is 24.3 Å². The molecule has 0 radical (unpaired) electrons. The zero-order valence-electron chi connectivity index (χ0n) is 16.8. The lowest BCUT2D eigenvalue weighted by molar-refractivity contribution is 0.223. The number of fused-ring (bicyclic) bond motifs is 2. The van der Waals surface area contributed by atoms with E-state index in [1.54, 1.807) is 24.4 Å². The minimum atomic E-state index is -0.155. The fourth-order valence-electron chi connectivity index (χ4n) is 5.33. The van der Waals surface area contributed by atoms with Crippen molar-refractivity contribution in [2.75, 3.05) is 26.7 Å². The minimum absolute atomic E-state index is 0.0333. The van der Waals surface area contributed by atoms with Crippen LogP contribution in [0, 0.1) is 18.8 Å². The maximum atomic E-state index is 12.4. The predicted molar refractivity (Wildman–Crippen MR) is 112 cm³/mol. The summed E-state index contributed by atoms with van der Waals surface area (Å²) < 4.78 is 1.39. The highest BCUT2D eigenvalue weighted by Gasteiger charge is 2.46. The van der Waals surface area contributed by atoms with E-state index >= 15 is 0 Å². The van der Waals surface area contributed by atoms with Gasteiger partial charge in [0.2, 0.25) is 0 Å². The van der Waals surface area contributed by atoms with E-state index < -0.39 is 0 Å². The van der Waals surface area contributed by atoms with Crippen LogP contribution >= 0.6 is 0 Å². The molecule has 4 heterocycles. The maximum Gasteiger partial charge on any atom is 0.258 e. The topological polar surface area (TPSA) is 61.1 Å². The van der Waals surface area contributed by atoms with Gasteiger partial charge in [-0.05, 0) is 49.1 Å². The Morgan fingerprint density at radius 3 is 2.79 bits per heavy atom. The average Bonchev–Trinajstić information content (AvgIpc) is 3.19. The molecule has 2 aromatic heterocycles. The lowest BCUT2D eigenvalue weighted by Crippen LogP contribution is -2.30. The van der Waals surface area contributed by atoms with Gasteiger partial charge in [-0.15, -0.1) is 0 Å². The summed E-state index contributed by atoms with van der Waals surface area (Å²) in [7, 11) is 2.23. The summed E-state index contributed by atoms with van der Waals surface area (Å²) in [6, 6.07) is 13.9. The van der Waals surface area contributed by atoms with Gasteiger partial charge in [-0.3, -0.25) is 19.0 Å². The molecule has 5 rings (SSSR count). The third kappa shape index (κ3) is 3.12. The van der Waals surface area contributed by atoms with Crippen LogP contribution in [0.3, 0.4) is 0 Å². The zero-order valence-corrected chi connectivity index (χ0v) is 16.8. The number of benzene rings is 1. The quantitative estimate of drug-likeness (QED) is 0.744. The summed E-state index contributed by atoms with van der Waals surface area (Å²) in [6.07, 6.45) is 1.64. The van der Waals surface area contributed by atoms with Crippen molar-refractivity contribution in [3.8, 4) is 5.75 Å². The van der Waals surface area contributed by atoms with Crippen LogP contribution in [0.2, 0.25) is 0 Å². The summed E-state index contributed by atoms with van der Waals surface area (Å²) in [5.41, 5.74) is 3.67. The van der Waals surface area contributed by atoms with Gasteiger partial charge in [0.05, 0.1) is 5.69 Å². The highest BCUT2D eigenvalue weighted by atomic mass is 16.3. The van der Waals surface area contributed by atoms with Crippen LogP contribution in [0.25, 0.3) is 5.65 Å². The van der Waals surface area contributed by atoms with E-state index in [0.29, 0.717) is 30.1 Å². The monoisotopic (exact) mass is 390 g/mol. The Kier molecular flexibility index (Phi) is 4.41. The Balaban J connectivity index is 1.39. The van der Waals surface area contributed by atoms with E-state index in [9.17, 15) is 9.90 Å². The number of aromatic nitrogens is 2. The summed E-state index contributed by atoms with van der Waals surface area (Å²) in [6.45, 7) is 5.93. The molecule has 0 unspecified atom stereocenters. The second-order valence-corrected chi connectivity index (χ2v) is 8.53. The Labute approximate surface area is 170 Å². The predicted octanol–water partition coefficient (Wildman–Crippen LogP) is 2.44. The molecular formula is C23H26N4O2. The third-order valence-electron chi connectivity index (χ3n) is 6.59. The van der Waals surface area contributed by atoms with E-state index in [2.05, 4.69) is 53.0 Å². The molecule has 0 saturated carbocycles. The van der Waals surface area contributed by atoms with Gasteiger partial charge in [0.15, 0.2) is 11.4 Å². The van der Waals surface area contributed by atoms with Crippen molar-refractivity contribution in [1.29, 1.82) is 0 Å². The molecule has 3 aromatic rings. The number of likely N-dealkylation sites (tertiary alicyclic amines) is 2. The molecule has 3 atom stereocenters. The third-order valence-corrected chi connectivity index (χ3v) is 6.59. The van der Waals surface area contributed by atoms with Crippen molar-refractivity contribution in [2.24, 2.45) is 11.8 Å². The summed E-state index contributed by atoms with van der Waals surface area (Å²) >= 11 is 0. The molecule has 0 spiro atoms. The van der Waals surface area contributed by atoms with Crippen LogP contribution in [-0.2, 0) is 6.54 Å². The van der Waals surface area contributed by atoms with E-state index in [1.165, 1.54) is 15.5 Å². The van der Waals surface area contributed by atoms with Crippen LogP contribution < -0.4 is 5.56 Å². The van der Waals surface area contributed by atoms with Gasteiger partial charge in [0.1, 0.15) is 0 Å². The molecule has 6 heteroatoms. The van der Waals surface area contributed by atoms with Gasteiger partial charge in [0.25, 0.3) is 5.56 Å². The van der Waals surface area contributed by atoms with Crippen LogP contribution in [0.15, 0.2) is 53.5 Å². The molecule has 2 saturated heterocycles. The Bertz CT molecular complexity index is 1130. The first-order chi connectivity index (χ1) is 14.0. The molecule has 0 aliphatic carbocycles. The fourth-order valence-corrected chi connectivity index (χ4v) is 5.33. The number of hydrogen-bond donors (Lipinski definition) is 1. The van der Waals surface area contributed by atoms with E-state index in [-0.39, 0.29) is 11.3 Å². The molecule has 1 aromatic carbocycles. The molecule has 6 nitrogen and oxygen atoms in total. The molecule has 0 amide bonds. The number of aryl methyl sites for hydroxylation is 1. The van der Waals surface area contributed by atoms with Crippen molar-refractivity contribution in [1.82, 2.24) is 19.2 Å². The number of pyridine rings is 1. The fraction of sp³-hybridized carbons (Fsp3) is 0.391. The number of nitrogens with zero attached hydrogens (tertiary/aromatic N) is 4. The number of rotatable bonds is 3. The smallest absolute Gasteiger partial charge is 0.258 e. The minimum Gasteiger partial charge on any atom is -0.504 e. The van der Waals surface area contributed by atoms with E-state index in [4.69, 9.17) is 0 Å². The number of aromatic hydroxyl groups is 1. The van der Waals surface area contributed by atoms with E-state index in [0.717, 1.165) is 25.3 Å². The van der Waals surface area contributed by atoms with Crippen LogP contribution in [0.4, 0.5) is 0 Å². The van der Waals surface area contributed by atoms with Crippen molar-refractivity contribution >= 4 is 5.65 Å². The lowest BCUT2D eigenvalue weighted by atomic mass is 9.88. The molecule has 0 bridgehead atoms. The van der Waals surface area contributed by atoms with Crippen molar-refractivity contribution < 1.29 is 5.11 Å². The summed E-state index contributed by atoms with van der Waals surface area (Å²) in [5.74, 6) is 1.24. The molecule has 2 fully saturated rings. The molecular weight excluding hydrogens is 364 g/mol. The molecule has 2 aliphatic rings. The lowest BCUT2D eigenvalue weighted by Gasteiger charge is -2.28. The van der Waals surface area contributed by atoms with E-state index in [1.807, 2.05) is 0 Å². The Morgan fingerprint density at radius 2 is 1.97 bits per heavy atom. The average molecular weight is 390 g/mol. The first-order valence-corrected chi connectivity index (χ1v) is 10.2. The zero-order chi connectivity index (χ0) is 20.1. The molecule has 150 valence electrons. The normalized spacial score (nSPS) is 25.0. The molecule has 1 N–H and O–H groups in total. The number of hydrogen-bond acceptors (Lipinski definition) is 5.